The highest BCUT2D eigenvalue weighted by Gasteiger charge is 2.38. The zero-order valence-electron chi connectivity index (χ0n) is 10.9. The van der Waals surface area contributed by atoms with E-state index in [4.69, 9.17) is 0 Å². The standard InChI is InChI=1S/C13H14F3N3O/c1-2-6-17-8-9-4-3-5-10(7-9)11-18-12(20-19-11)13(14,15)16/h3-5,7,17H,2,6,8H2,1H3. The summed E-state index contributed by atoms with van der Waals surface area (Å²) in [7, 11) is 0. The molecule has 0 unspecified atom stereocenters. The molecule has 1 heterocycles. The molecule has 0 radical (unpaired) electrons. The van der Waals surface area contributed by atoms with E-state index < -0.39 is 12.1 Å². The number of hydrogen-bond acceptors (Lipinski definition) is 4. The Morgan fingerprint density at radius 3 is 2.75 bits per heavy atom. The van der Waals surface area contributed by atoms with E-state index in [0.717, 1.165) is 18.5 Å². The number of nitrogens with one attached hydrogen (secondary N) is 1. The number of aromatic nitrogens is 2. The van der Waals surface area contributed by atoms with Crippen molar-refractivity contribution in [2.75, 3.05) is 6.54 Å². The van der Waals surface area contributed by atoms with Gasteiger partial charge in [0.05, 0.1) is 0 Å². The maximum absolute atomic E-state index is 12.4. The third-order valence-electron chi connectivity index (χ3n) is 2.61. The minimum Gasteiger partial charge on any atom is -0.329 e. The van der Waals surface area contributed by atoms with Crippen LogP contribution >= 0.6 is 0 Å². The summed E-state index contributed by atoms with van der Waals surface area (Å²) in [5, 5.41) is 6.58. The molecule has 0 spiro atoms. The Labute approximate surface area is 114 Å². The number of alkyl halides is 3. The van der Waals surface area contributed by atoms with Crippen LogP contribution in [-0.4, -0.2) is 16.7 Å². The smallest absolute Gasteiger partial charge is 0.329 e. The summed E-state index contributed by atoms with van der Waals surface area (Å²) in [5.41, 5.74) is 1.45. The van der Waals surface area contributed by atoms with Crippen LogP contribution < -0.4 is 5.32 Å². The number of nitrogens with zero attached hydrogens (tertiary/aromatic N) is 2. The molecule has 0 aliphatic carbocycles. The van der Waals surface area contributed by atoms with Gasteiger partial charge in [0.2, 0.25) is 5.82 Å². The highest BCUT2D eigenvalue weighted by Crippen LogP contribution is 2.29. The van der Waals surface area contributed by atoms with Crippen LogP contribution in [0, 0.1) is 0 Å². The Kier molecular flexibility index (Phi) is 4.39. The maximum Gasteiger partial charge on any atom is 0.471 e. The van der Waals surface area contributed by atoms with Gasteiger partial charge in [-0.3, -0.25) is 0 Å². The summed E-state index contributed by atoms with van der Waals surface area (Å²) >= 11 is 0. The molecule has 0 saturated heterocycles. The topological polar surface area (TPSA) is 51.0 Å². The molecule has 20 heavy (non-hydrogen) atoms. The van der Waals surface area contributed by atoms with Crippen molar-refractivity contribution in [3.05, 3.63) is 35.7 Å². The molecule has 0 amide bonds. The lowest BCUT2D eigenvalue weighted by Gasteiger charge is -2.04. The number of benzene rings is 1. The lowest BCUT2D eigenvalue weighted by Crippen LogP contribution is -2.13. The fourth-order valence-corrected chi connectivity index (χ4v) is 1.69. The second kappa shape index (κ2) is 6.04. The van der Waals surface area contributed by atoms with Gasteiger partial charge in [-0.05, 0) is 24.6 Å². The third-order valence-corrected chi connectivity index (χ3v) is 2.61. The average Bonchev–Trinajstić information content (AvgIpc) is 2.89. The predicted molar refractivity (Wildman–Crippen MR) is 66.7 cm³/mol. The molecule has 0 saturated carbocycles. The van der Waals surface area contributed by atoms with Crippen molar-refractivity contribution in [2.24, 2.45) is 0 Å². The van der Waals surface area contributed by atoms with Gasteiger partial charge >= 0.3 is 12.1 Å². The first kappa shape index (κ1) is 14.5. The fraction of sp³-hybridized carbons (Fsp3) is 0.385. The summed E-state index contributed by atoms with van der Waals surface area (Å²) in [6.45, 7) is 3.58. The molecule has 2 rings (SSSR count). The van der Waals surface area contributed by atoms with Crippen LogP contribution in [-0.2, 0) is 12.7 Å². The molecule has 1 aromatic heterocycles. The quantitative estimate of drug-likeness (QED) is 0.857. The van der Waals surface area contributed by atoms with Crippen LogP contribution in [0.5, 0.6) is 0 Å². The van der Waals surface area contributed by atoms with E-state index in [0.29, 0.717) is 12.1 Å². The van der Waals surface area contributed by atoms with Crippen LogP contribution in [0.25, 0.3) is 11.4 Å². The Morgan fingerprint density at radius 2 is 2.10 bits per heavy atom. The molecule has 1 aromatic carbocycles. The first-order valence-corrected chi connectivity index (χ1v) is 6.21. The first-order valence-electron chi connectivity index (χ1n) is 6.21. The van der Waals surface area contributed by atoms with E-state index in [1.54, 1.807) is 18.2 Å². The summed E-state index contributed by atoms with van der Waals surface area (Å²) in [6, 6.07) is 7.03. The normalized spacial score (nSPS) is 11.8. The highest BCUT2D eigenvalue weighted by atomic mass is 19.4. The Morgan fingerprint density at radius 1 is 1.30 bits per heavy atom. The molecular formula is C13H14F3N3O. The van der Waals surface area contributed by atoms with Gasteiger partial charge in [0.25, 0.3) is 0 Å². The minimum atomic E-state index is -4.62. The molecule has 0 atom stereocenters. The van der Waals surface area contributed by atoms with Crippen LogP contribution in [0.4, 0.5) is 13.2 Å². The zero-order valence-corrected chi connectivity index (χ0v) is 10.9. The molecule has 7 heteroatoms. The van der Waals surface area contributed by atoms with Gasteiger partial charge in [-0.1, -0.05) is 30.3 Å². The van der Waals surface area contributed by atoms with Gasteiger partial charge in [-0.15, -0.1) is 0 Å². The van der Waals surface area contributed by atoms with Crippen molar-refractivity contribution in [3.63, 3.8) is 0 Å². The van der Waals surface area contributed by atoms with Crippen molar-refractivity contribution in [1.82, 2.24) is 15.5 Å². The number of rotatable bonds is 5. The van der Waals surface area contributed by atoms with E-state index in [1.165, 1.54) is 0 Å². The van der Waals surface area contributed by atoms with Crippen molar-refractivity contribution >= 4 is 0 Å². The second-order valence-corrected chi connectivity index (χ2v) is 4.30. The Hall–Kier alpha value is -1.89. The van der Waals surface area contributed by atoms with E-state index in [9.17, 15) is 13.2 Å². The zero-order chi connectivity index (χ0) is 14.6. The van der Waals surface area contributed by atoms with Crippen LogP contribution in [0.15, 0.2) is 28.8 Å². The van der Waals surface area contributed by atoms with Crippen molar-refractivity contribution < 1.29 is 17.7 Å². The first-order chi connectivity index (χ1) is 9.50. The highest BCUT2D eigenvalue weighted by molar-refractivity contribution is 5.55. The van der Waals surface area contributed by atoms with Crippen LogP contribution in [0.2, 0.25) is 0 Å². The van der Waals surface area contributed by atoms with Gasteiger partial charge < -0.3 is 9.84 Å². The van der Waals surface area contributed by atoms with Crippen molar-refractivity contribution in [2.45, 2.75) is 26.1 Å². The number of halogens is 3. The largest absolute Gasteiger partial charge is 0.471 e. The van der Waals surface area contributed by atoms with E-state index >= 15 is 0 Å². The molecule has 0 aliphatic heterocycles. The molecule has 0 aliphatic rings. The summed E-state index contributed by atoms with van der Waals surface area (Å²) in [4.78, 5) is 3.37. The van der Waals surface area contributed by atoms with Gasteiger partial charge in [-0.2, -0.15) is 18.2 Å². The van der Waals surface area contributed by atoms with Crippen molar-refractivity contribution in [1.29, 1.82) is 0 Å². The lowest BCUT2D eigenvalue weighted by molar-refractivity contribution is -0.159. The van der Waals surface area contributed by atoms with Crippen molar-refractivity contribution in [3.8, 4) is 11.4 Å². The molecule has 0 fully saturated rings. The molecule has 1 N–H and O–H groups in total. The molecule has 4 nitrogen and oxygen atoms in total. The molecule has 2 aromatic rings. The van der Waals surface area contributed by atoms with E-state index in [1.807, 2.05) is 6.07 Å². The monoisotopic (exact) mass is 285 g/mol. The summed E-state index contributed by atoms with van der Waals surface area (Å²) in [5.74, 6) is -1.39. The van der Waals surface area contributed by atoms with Crippen LogP contribution in [0.3, 0.4) is 0 Å². The van der Waals surface area contributed by atoms with Gasteiger partial charge in [-0.25, -0.2) is 0 Å². The minimum absolute atomic E-state index is 0.0605. The summed E-state index contributed by atoms with van der Waals surface area (Å²) < 4.78 is 41.4. The molecule has 108 valence electrons. The predicted octanol–water partition coefficient (Wildman–Crippen LogP) is 3.26. The SMILES string of the molecule is CCCNCc1cccc(-c2noc(C(F)(F)F)n2)c1. The van der Waals surface area contributed by atoms with E-state index in [-0.39, 0.29) is 5.82 Å². The molecular weight excluding hydrogens is 271 g/mol. The Bertz CT molecular complexity index is 566. The third kappa shape index (κ3) is 3.57. The number of hydrogen-bond donors (Lipinski definition) is 1. The summed E-state index contributed by atoms with van der Waals surface area (Å²) in [6.07, 6.45) is -3.61. The second-order valence-electron chi connectivity index (χ2n) is 4.30. The fourth-order valence-electron chi connectivity index (χ4n) is 1.69. The van der Waals surface area contributed by atoms with Gasteiger partial charge in [0, 0.05) is 12.1 Å². The molecule has 0 bridgehead atoms. The van der Waals surface area contributed by atoms with Gasteiger partial charge in [0.15, 0.2) is 0 Å². The maximum atomic E-state index is 12.4. The Balaban J connectivity index is 2.16. The average molecular weight is 285 g/mol. The van der Waals surface area contributed by atoms with Gasteiger partial charge in [0.1, 0.15) is 0 Å². The van der Waals surface area contributed by atoms with E-state index in [2.05, 4.69) is 26.9 Å². The lowest BCUT2D eigenvalue weighted by atomic mass is 10.1. The van der Waals surface area contributed by atoms with Crippen LogP contribution in [0.1, 0.15) is 24.8 Å².